The molecule has 1 aromatic carbocycles. The Morgan fingerprint density at radius 3 is 2.74 bits per heavy atom. The first-order valence-corrected chi connectivity index (χ1v) is 8.42. The van der Waals surface area contributed by atoms with Gasteiger partial charge in [0.2, 0.25) is 5.91 Å². The van der Waals surface area contributed by atoms with Crippen LogP contribution in [-0.2, 0) is 9.53 Å². The quantitative estimate of drug-likeness (QED) is 0.782. The van der Waals surface area contributed by atoms with Crippen molar-refractivity contribution in [2.45, 2.75) is 5.16 Å². The average molecular weight is 333 g/mol. The number of hydrogen-bond acceptors (Lipinski definition) is 5. The first-order chi connectivity index (χ1) is 11.3. The van der Waals surface area contributed by atoms with E-state index in [2.05, 4.69) is 4.98 Å². The lowest BCUT2D eigenvalue weighted by atomic mass is 10.3. The van der Waals surface area contributed by atoms with E-state index in [1.807, 2.05) is 39.9 Å². The number of hydrogen-bond donors (Lipinski definition) is 0. The Hall–Kier alpha value is -1.99. The highest BCUT2D eigenvalue weighted by Crippen LogP contribution is 2.22. The molecule has 1 aliphatic heterocycles. The molecular weight excluding hydrogens is 314 g/mol. The largest absolute Gasteiger partial charge is 0.497 e. The van der Waals surface area contributed by atoms with Crippen LogP contribution in [0.4, 0.5) is 0 Å². The second kappa shape index (κ2) is 7.52. The van der Waals surface area contributed by atoms with Gasteiger partial charge in [-0.2, -0.15) is 0 Å². The van der Waals surface area contributed by atoms with Gasteiger partial charge >= 0.3 is 0 Å². The summed E-state index contributed by atoms with van der Waals surface area (Å²) in [6, 6.07) is 7.74. The topological polar surface area (TPSA) is 56.6 Å². The molecular formula is C16H19N3O3S. The third-order valence-corrected chi connectivity index (χ3v) is 4.60. The summed E-state index contributed by atoms with van der Waals surface area (Å²) in [7, 11) is 1.64. The smallest absolute Gasteiger partial charge is 0.233 e. The fraction of sp³-hybridized carbons (Fsp3) is 0.375. The Labute approximate surface area is 139 Å². The van der Waals surface area contributed by atoms with E-state index in [1.165, 1.54) is 11.8 Å². The van der Waals surface area contributed by atoms with Crippen LogP contribution in [0.5, 0.6) is 5.75 Å². The van der Waals surface area contributed by atoms with Gasteiger partial charge in [0, 0.05) is 31.2 Å². The predicted octanol–water partition coefficient (Wildman–Crippen LogP) is 1.83. The van der Waals surface area contributed by atoms with Crippen molar-refractivity contribution in [2.75, 3.05) is 39.2 Å². The molecule has 7 heteroatoms. The number of carbonyl (C=O) groups excluding carboxylic acids is 1. The molecule has 2 heterocycles. The van der Waals surface area contributed by atoms with Gasteiger partial charge in [0.05, 0.1) is 26.1 Å². The van der Waals surface area contributed by atoms with E-state index in [0.29, 0.717) is 32.1 Å². The molecule has 0 atom stereocenters. The summed E-state index contributed by atoms with van der Waals surface area (Å²) in [6.07, 6.45) is 3.63. The molecule has 0 saturated carbocycles. The van der Waals surface area contributed by atoms with Crippen molar-refractivity contribution in [3.63, 3.8) is 0 Å². The molecule has 0 bridgehead atoms. The summed E-state index contributed by atoms with van der Waals surface area (Å²) in [6.45, 7) is 2.59. The van der Waals surface area contributed by atoms with Gasteiger partial charge in [-0.15, -0.1) is 0 Å². The summed E-state index contributed by atoms with van der Waals surface area (Å²) in [5, 5.41) is 0.803. The van der Waals surface area contributed by atoms with E-state index < -0.39 is 0 Å². The number of imidazole rings is 1. The summed E-state index contributed by atoms with van der Waals surface area (Å²) in [5.41, 5.74) is 0.990. The monoisotopic (exact) mass is 333 g/mol. The first-order valence-electron chi connectivity index (χ1n) is 7.44. The number of amides is 1. The standard InChI is InChI=1S/C16H19N3O3S/c1-21-14-4-2-13(3-5-14)19-7-6-17-16(19)23-12-15(20)18-8-10-22-11-9-18/h2-7H,8-12H2,1H3. The average Bonchev–Trinajstić information content (AvgIpc) is 3.09. The third kappa shape index (κ3) is 3.86. The van der Waals surface area contributed by atoms with Crippen molar-refractivity contribution in [1.82, 2.24) is 14.5 Å². The second-order valence-electron chi connectivity index (χ2n) is 5.06. The maximum absolute atomic E-state index is 12.2. The van der Waals surface area contributed by atoms with Crippen molar-refractivity contribution in [1.29, 1.82) is 0 Å². The second-order valence-corrected chi connectivity index (χ2v) is 6.00. The number of aromatic nitrogens is 2. The molecule has 0 unspecified atom stereocenters. The predicted molar refractivity (Wildman–Crippen MR) is 88.2 cm³/mol. The lowest BCUT2D eigenvalue weighted by Gasteiger charge is -2.26. The number of methoxy groups -OCH3 is 1. The van der Waals surface area contributed by atoms with Gasteiger partial charge < -0.3 is 14.4 Å². The van der Waals surface area contributed by atoms with Gasteiger partial charge in [-0.3, -0.25) is 9.36 Å². The van der Waals surface area contributed by atoms with E-state index >= 15 is 0 Å². The highest BCUT2D eigenvalue weighted by molar-refractivity contribution is 7.99. The van der Waals surface area contributed by atoms with E-state index in [4.69, 9.17) is 9.47 Å². The van der Waals surface area contributed by atoms with Crippen LogP contribution in [0.1, 0.15) is 0 Å². The Bertz CT molecular complexity index is 651. The van der Waals surface area contributed by atoms with Gasteiger partial charge in [0.25, 0.3) is 0 Å². The lowest BCUT2D eigenvalue weighted by Crippen LogP contribution is -2.41. The van der Waals surface area contributed by atoms with Crippen molar-refractivity contribution in [3.05, 3.63) is 36.7 Å². The van der Waals surface area contributed by atoms with Crippen LogP contribution in [0.25, 0.3) is 5.69 Å². The molecule has 1 aliphatic rings. The van der Waals surface area contributed by atoms with Gasteiger partial charge in [-0.1, -0.05) is 11.8 Å². The molecule has 0 radical (unpaired) electrons. The van der Waals surface area contributed by atoms with Crippen LogP contribution in [0, 0.1) is 0 Å². The summed E-state index contributed by atoms with van der Waals surface area (Å²) in [5.74, 6) is 1.32. The van der Waals surface area contributed by atoms with Crippen molar-refractivity contribution < 1.29 is 14.3 Å². The zero-order chi connectivity index (χ0) is 16.1. The molecule has 1 amide bonds. The molecule has 2 aromatic rings. The van der Waals surface area contributed by atoms with Gasteiger partial charge in [0.15, 0.2) is 5.16 Å². The minimum Gasteiger partial charge on any atom is -0.497 e. The number of benzene rings is 1. The maximum Gasteiger partial charge on any atom is 0.233 e. The number of ether oxygens (including phenoxy) is 2. The van der Waals surface area contributed by atoms with E-state index in [-0.39, 0.29) is 5.91 Å². The van der Waals surface area contributed by atoms with Crippen LogP contribution in [0.2, 0.25) is 0 Å². The first kappa shape index (κ1) is 15.9. The molecule has 23 heavy (non-hydrogen) atoms. The molecule has 0 N–H and O–H groups in total. The number of carbonyl (C=O) groups is 1. The van der Waals surface area contributed by atoms with Crippen molar-refractivity contribution in [3.8, 4) is 11.4 Å². The number of thioether (sulfide) groups is 1. The highest BCUT2D eigenvalue weighted by Gasteiger charge is 2.18. The Balaban J connectivity index is 1.64. The zero-order valence-electron chi connectivity index (χ0n) is 13.0. The molecule has 0 aliphatic carbocycles. The Morgan fingerprint density at radius 1 is 1.30 bits per heavy atom. The SMILES string of the molecule is COc1ccc(-n2ccnc2SCC(=O)N2CCOCC2)cc1. The van der Waals surface area contributed by atoms with Gasteiger partial charge in [-0.05, 0) is 24.3 Å². The molecule has 0 spiro atoms. The number of nitrogens with zero attached hydrogens (tertiary/aromatic N) is 3. The maximum atomic E-state index is 12.2. The van der Waals surface area contributed by atoms with Crippen LogP contribution >= 0.6 is 11.8 Å². The highest BCUT2D eigenvalue weighted by atomic mass is 32.2. The van der Waals surface area contributed by atoms with E-state index in [1.54, 1.807) is 13.3 Å². The van der Waals surface area contributed by atoms with Crippen molar-refractivity contribution in [2.24, 2.45) is 0 Å². The molecule has 6 nitrogen and oxygen atoms in total. The van der Waals surface area contributed by atoms with Crippen LogP contribution in [0.15, 0.2) is 41.8 Å². The summed E-state index contributed by atoms with van der Waals surface area (Å²) in [4.78, 5) is 18.4. The van der Waals surface area contributed by atoms with Crippen LogP contribution in [0.3, 0.4) is 0 Å². The molecule has 1 fully saturated rings. The Morgan fingerprint density at radius 2 is 2.04 bits per heavy atom. The van der Waals surface area contributed by atoms with Gasteiger partial charge in [-0.25, -0.2) is 4.98 Å². The van der Waals surface area contributed by atoms with E-state index in [0.717, 1.165) is 16.6 Å². The minimum absolute atomic E-state index is 0.127. The number of rotatable bonds is 5. The fourth-order valence-electron chi connectivity index (χ4n) is 2.37. The summed E-state index contributed by atoms with van der Waals surface area (Å²) >= 11 is 1.45. The zero-order valence-corrected chi connectivity index (χ0v) is 13.8. The van der Waals surface area contributed by atoms with Gasteiger partial charge in [0.1, 0.15) is 5.75 Å². The summed E-state index contributed by atoms with van der Waals surface area (Å²) < 4.78 is 12.4. The Kier molecular flexibility index (Phi) is 5.19. The lowest BCUT2D eigenvalue weighted by molar-refractivity contribution is -0.132. The molecule has 1 saturated heterocycles. The third-order valence-electron chi connectivity index (χ3n) is 3.65. The normalized spacial score (nSPS) is 14.7. The van der Waals surface area contributed by atoms with Crippen molar-refractivity contribution >= 4 is 17.7 Å². The van der Waals surface area contributed by atoms with E-state index in [9.17, 15) is 4.79 Å². The minimum atomic E-state index is 0.127. The van der Waals surface area contributed by atoms with Crippen LogP contribution < -0.4 is 4.74 Å². The fourth-order valence-corrected chi connectivity index (χ4v) is 3.24. The van der Waals surface area contributed by atoms with Crippen LogP contribution in [-0.4, -0.2) is 59.5 Å². The molecule has 1 aromatic heterocycles. The molecule has 122 valence electrons. The molecule has 3 rings (SSSR count). The number of morpholine rings is 1.